The number of allylic oxidation sites excluding steroid dienone is 1. The number of amides is 1. The molecule has 2 aromatic carbocycles. The van der Waals surface area contributed by atoms with Crippen molar-refractivity contribution in [3.8, 4) is 11.8 Å². The first kappa shape index (κ1) is 24.0. The van der Waals surface area contributed by atoms with Gasteiger partial charge in [0, 0.05) is 31.7 Å². The molecule has 1 saturated heterocycles. The van der Waals surface area contributed by atoms with Gasteiger partial charge in [-0.25, -0.2) is 9.38 Å². The molecule has 0 spiro atoms. The Morgan fingerprint density at radius 1 is 1.30 bits per heavy atom. The number of rotatable bonds is 5. The van der Waals surface area contributed by atoms with Crippen LogP contribution in [0.2, 0.25) is 0 Å². The molecule has 0 saturated carbocycles. The van der Waals surface area contributed by atoms with Gasteiger partial charge in [0.1, 0.15) is 17.6 Å². The normalized spacial score (nSPS) is 17.2. The predicted molar refractivity (Wildman–Crippen MR) is 127 cm³/mol. The van der Waals surface area contributed by atoms with E-state index in [4.69, 9.17) is 20.7 Å². The van der Waals surface area contributed by atoms with E-state index in [0.29, 0.717) is 42.5 Å². The number of benzene rings is 2. The molecule has 2 aromatic rings. The molecule has 1 atom stereocenters. The minimum absolute atomic E-state index is 0.0218. The van der Waals surface area contributed by atoms with Crippen molar-refractivity contribution in [1.29, 1.82) is 5.26 Å². The third kappa shape index (κ3) is 5.57. The number of methoxy groups -OCH3 is 1. The Bertz CT molecular complexity index is 1100. The number of hydrogen-bond donors (Lipinski definition) is 1. The molecule has 172 valence electrons. The van der Waals surface area contributed by atoms with Gasteiger partial charge in [-0.15, -0.1) is 0 Å². The van der Waals surface area contributed by atoms with Gasteiger partial charge in [-0.1, -0.05) is 18.2 Å². The molecule has 1 fully saturated rings. The molecule has 1 aliphatic rings. The first-order valence-corrected chi connectivity index (χ1v) is 10.7. The number of carbonyl (C=O) groups is 1. The van der Waals surface area contributed by atoms with Gasteiger partial charge in [-0.05, 0) is 55.2 Å². The lowest BCUT2D eigenvalue weighted by Gasteiger charge is -2.35. The Morgan fingerprint density at radius 3 is 2.58 bits per heavy atom. The minimum Gasteiger partial charge on any atom is -0.497 e. The minimum atomic E-state index is -0.629. The van der Waals surface area contributed by atoms with E-state index in [1.54, 1.807) is 20.2 Å². The molecule has 1 aliphatic heterocycles. The summed E-state index contributed by atoms with van der Waals surface area (Å²) in [6.45, 7) is 3.16. The third-order valence-corrected chi connectivity index (χ3v) is 5.67. The summed E-state index contributed by atoms with van der Waals surface area (Å²) >= 11 is 0. The number of likely N-dealkylation sites (tertiary alicyclic amines) is 1. The highest BCUT2D eigenvalue weighted by atomic mass is 19.1. The summed E-state index contributed by atoms with van der Waals surface area (Å²) in [5.74, 6) is 0.521. The summed E-state index contributed by atoms with van der Waals surface area (Å²) in [5.41, 5.74) is 8.76. The van der Waals surface area contributed by atoms with Gasteiger partial charge in [-0.3, -0.25) is 9.69 Å². The summed E-state index contributed by atoms with van der Waals surface area (Å²) in [6, 6.07) is 13.7. The van der Waals surface area contributed by atoms with Gasteiger partial charge in [0.25, 0.3) is 0 Å². The van der Waals surface area contributed by atoms with Crippen molar-refractivity contribution in [2.24, 2.45) is 10.7 Å². The van der Waals surface area contributed by atoms with E-state index < -0.39 is 5.82 Å². The zero-order chi connectivity index (χ0) is 24.0. The number of nitrogens with zero attached hydrogens (tertiary/aromatic N) is 4. The molecule has 0 aliphatic carbocycles. The second-order valence-electron chi connectivity index (χ2n) is 7.98. The predicted octanol–water partition coefficient (Wildman–Crippen LogP) is 3.46. The quantitative estimate of drug-likeness (QED) is 0.326. The highest BCUT2D eigenvalue weighted by Crippen LogP contribution is 2.30. The number of hydrogen-bond acceptors (Lipinski definition) is 5. The van der Waals surface area contributed by atoms with Crippen molar-refractivity contribution >= 4 is 23.6 Å². The SMILES string of the molecule is COc1ccc(/C(C)=C(/N=C(\N(C)C=O)N2CCCC(N)C2)c2ccc(C#N)c(F)c2)cc1. The van der Waals surface area contributed by atoms with Crippen LogP contribution in [0.5, 0.6) is 5.75 Å². The average Bonchev–Trinajstić information content (AvgIpc) is 2.84. The molecule has 7 nitrogen and oxygen atoms in total. The van der Waals surface area contributed by atoms with Crippen molar-refractivity contribution in [3.63, 3.8) is 0 Å². The monoisotopic (exact) mass is 449 g/mol. The molecule has 8 heteroatoms. The first-order chi connectivity index (χ1) is 15.9. The van der Waals surface area contributed by atoms with E-state index in [1.807, 2.05) is 42.2 Å². The van der Waals surface area contributed by atoms with Crippen molar-refractivity contribution in [3.05, 3.63) is 65.0 Å². The van der Waals surface area contributed by atoms with Crippen molar-refractivity contribution in [1.82, 2.24) is 9.80 Å². The fourth-order valence-electron chi connectivity index (χ4n) is 3.81. The number of guanidine groups is 1. The molecular weight excluding hydrogens is 421 g/mol. The Hall–Kier alpha value is -3.70. The second-order valence-corrected chi connectivity index (χ2v) is 7.98. The topological polar surface area (TPSA) is 94.9 Å². The molecule has 1 heterocycles. The van der Waals surface area contributed by atoms with Crippen molar-refractivity contribution in [2.75, 3.05) is 27.2 Å². The third-order valence-electron chi connectivity index (χ3n) is 5.67. The lowest BCUT2D eigenvalue weighted by molar-refractivity contribution is -0.114. The van der Waals surface area contributed by atoms with E-state index in [0.717, 1.165) is 24.0 Å². The number of ether oxygens (including phenoxy) is 1. The van der Waals surface area contributed by atoms with Gasteiger partial charge < -0.3 is 15.4 Å². The molecule has 0 aromatic heterocycles. The van der Waals surface area contributed by atoms with E-state index in [1.165, 1.54) is 17.0 Å². The fourth-order valence-corrected chi connectivity index (χ4v) is 3.81. The van der Waals surface area contributed by atoms with Gasteiger partial charge in [-0.2, -0.15) is 5.26 Å². The van der Waals surface area contributed by atoms with E-state index in [9.17, 15) is 9.18 Å². The summed E-state index contributed by atoms with van der Waals surface area (Å²) in [6.07, 6.45) is 2.48. The summed E-state index contributed by atoms with van der Waals surface area (Å²) in [4.78, 5) is 19.9. The van der Waals surface area contributed by atoms with Crippen molar-refractivity contribution in [2.45, 2.75) is 25.8 Å². The first-order valence-electron chi connectivity index (χ1n) is 10.7. The number of piperidine rings is 1. The van der Waals surface area contributed by atoms with Crippen LogP contribution in [0.15, 0.2) is 47.5 Å². The number of carbonyl (C=O) groups excluding carboxylic acids is 1. The maximum absolute atomic E-state index is 14.5. The van der Waals surface area contributed by atoms with Gasteiger partial charge in [0.2, 0.25) is 12.4 Å². The van der Waals surface area contributed by atoms with Crippen LogP contribution in [0.3, 0.4) is 0 Å². The van der Waals surface area contributed by atoms with Crippen LogP contribution in [0, 0.1) is 17.1 Å². The summed E-state index contributed by atoms with van der Waals surface area (Å²) in [5, 5.41) is 9.12. The van der Waals surface area contributed by atoms with Gasteiger partial charge in [0.05, 0.1) is 18.4 Å². The molecule has 33 heavy (non-hydrogen) atoms. The molecular formula is C25H28FN5O2. The lowest BCUT2D eigenvalue weighted by atomic mass is 10.00. The highest BCUT2D eigenvalue weighted by Gasteiger charge is 2.23. The largest absolute Gasteiger partial charge is 0.497 e. The number of halogens is 1. The number of aliphatic imine (C=N–C) groups is 1. The number of nitrogens with two attached hydrogens (primary N) is 1. The Labute approximate surface area is 193 Å². The maximum atomic E-state index is 14.5. The Morgan fingerprint density at radius 2 is 2.00 bits per heavy atom. The van der Waals surface area contributed by atoms with Crippen LogP contribution in [-0.2, 0) is 4.79 Å². The van der Waals surface area contributed by atoms with Crippen molar-refractivity contribution < 1.29 is 13.9 Å². The fraction of sp³-hybridized carbons (Fsp3) is 0.320. The van der Waals surface area contributed by atoms with Crippen LogP contribution >= 0.6 is 0 Å². The Kier molecular flexibility index (Phi) is 7.80. The average molecular weight is 450 g/mol. The molecule has 0 radical (unpaired) electrons. The van der Waals surface area contributed by atoms with Gasteiger partial charge in [0.15, 0.2) is 0 Å². The molecule has 0 bridgehead atoms. The molecule has 1 amide bonds. The van der Waals surface area contributed by atoms with E-state index >= 15 is 0 Å². The molecule has 2 N–H and O–H groups in total. The lowest BCUT2D eigenvalue weighted by Crippen LogP contribution is -2.50. The maximum Gasteiger partial charge on any atom is 0.216 e. The van der Waals surface area contributed by atoms with Crippen LogP contribution < -0.4 is 10.5 Å². The number of nitriles is 1. The molecule has 1 unspecified atom stereocenters. The highest BCUT2D eigenvalue weighted by molar-refractivity contribution is 5.98. The van der Waals surface area contributed by atoms with E-state index in [2.05, 4.69) is 0 Å². The van der Waals surface area contributed by atoms with Gasteiger partial charge >= 0.3 is 0 Å². The Balaban J connectivity index is 2.20. The molecule has 3 rings (SSSR count). The smallest absolute Gasteiger partial charge is 0.216 e. The summed E-state index contributed by atoms with van der Waals surface area (Å²) in [7, 11) is 3.23. The summed E-state index contributed by atoms with van der Waals surface area (Å²) < 4.78 is 19.8. The van der Waals surface area contributed by atoms with Crippen LogP contribution in [0.4, 0.5) is 4.39 Å². The van der Waals surface area contributed by atoms with Crippen LogP contribution in [0.1, 0.15) is 36.5 Å². The van der Waals surface area contributed by atoms with Crippen LogP contribution in [0.25, 0.3) is 11.3 Å². The zero-order valence-electron chi connectivity index (χ0n) is 19.1. The van der Waals surface area contributed by atoms with E-state index in [-0.39, 0.29) is 11.6 Å². The zero-order valence-corrected chi connectivity index (χ0v) is 19.1. The van der Waals surface area contributed by atoms with Crippen LogP contribution in [-0.4, -0.2) is 55.5 Å². The standard InChI is InChI=1S/C25H28FN5O2/c1-17(18-8-10-22(33-3)11-9-18)24(19-6-7-20(14-27)23(26)13-19)29-25(30(2)16-32)31-12-4-5-21(28)15-31/h6-11,13,16,21H,4-5,12,15,28H2,1-3H3/b24-17+,29-25+. The second kappa shape index (κ2) is 10.7.